The van der Waals surface area contributed by atoms with Gasteiger partial charge >= 0.3 is 13.5 Å². The molecule has 1 aliphatic carbocycles. The van der Waals surface area contributed by atoms with E-state index in [0.717, 1.165) is 4.57 Å². The Morgan fingerprint density at radius 3 is 2.26 bits per heavy atom. The molecule has 8 N–H and O–H groups in total. The van der Waals surface area contributed by atoms with Crippen molar-refractivity contribution in [2.24, 2.45) is 0 Å². The molecule has 0 fully saturated rings. The lowest BCUT2D eigenvalue weighted by atomic mass is 10.1. The fraction of sp³-hybridized carbons (Fsp3) is 0.400. The number of nitrogens with two attached hydrogens (primary N) is 1. The van der Waals surface area contributed by atoms with Gasteiger partial charge < -0.3 is 35.7 Å². The second-order valence-electron chi connectivity index (χ2n) is 4.47. The number of nitrogen functional groups attached to an aromatic ring is 1. The zero-order chi connectivity index (χ0) is 17.9. The van der Waals surface area contributed by atoms with Gasteiger partial charge in [0.05, 0.1) is 6.61 Å². The summed E-state index contributed by atoms with van der Waals surface area (Å²) in [6.45, 7) is -0.738. The van der Waals surface area contributed by atoms with Gasteiger partial charge in [-0.25, -0.2) is 13.8 Å². The van der Waals surface area contributed by atoms with Crippen LogP contribution in [0, 0.1) is 0 Å². The second-order valence-corrected chi connectivity index (χ2v) is 5.49. The Kier molecular flexibility index (Phi) is 6.13. The predicted octanol–water partition coefficient (Wildman–Crippen LogP) is -2.61. The van der Waals surface area contributed by atoms with Crippen LogP contribution in [-0.4, -0.2) is 58.4 Å². The van der Waals surface area contributed by atoms with Crippen molar-refractivity contribution in [1.82, 2.24) is 9.55 Å². The highest BCUT2D eigenvalue weighted by molar-refractivity contribution is 7.45. The molecule has 0 amide bonds. The van der Waals surface area contributed by atoms with Crippen molar-refractivity contribution < 1.29 is 39.0 Å². The smallest absolute Gasteiger partial charge is 0.392 e. The molecule has 1 heterocycles. The van der Waals surface area contributed by atoms with E-state index in [1.165, 1.54) is 12.3 Å². The van der Waals surface area contributed by atoms with Crippen molar-refractivity contribution in [3.05, 3.63) is 34.1 Å². The molecule has 1 aromatic rings. The van der Waals surface area contributed by atoms with E-state index >= 15 is 0 Å². The maximum Gasteiger partial charge on any atom is 0.466 e. The van der Waals surface area contributed by atoms with Crippen molar-refractivity contribution in [3.63, 3.8) is 0 Å². The highest BCUT2D eigenvalue weighted by Gasteiger charge is 2.43. The topological polar surface area (TPSA) is 199 Å². The Hall–Kier alpha value is -1.66. The van der Waals surface area contributed by atoms with Crippen LogP contribution in [0.4, 0.5) is 10.2 Å². The van der Waals surface area contributed by atoms with Gasteiger partial charge in [-0.2, -0.15) is 4.98 Å². The number of hydrogen-bond donors (Lipinski definition) is 7. The lowest BCUT2D eigenvalue weighted by Gasteiger charge is -2.19. The van der Waals surface area contributed by atoms with Gasteiger partial charge in [0.1, 0.15) is 29.9 Å². The number of anilines is 1. The Bertz CT molecular complexity index is 693. The molecule has 1 aliphatic rings. The summed E-state index contributed by atoms with van der Waals surface area (Å²) in [7, 11) is -4.64. The first-order valence-corrected chi connectivity index (χ1v) is 7.52. The Labute approximate surface area is 128 Å². The van der Waals surface area contributed by atoms with Crippen LogP contribution in [0.15, 0.2) is 28.5 Å². The maximum absolute atomic E-state index is 13.9. The van der Waals surface area contributed by atoms with Crippen LogP contribution in [-0.2, 0) is 4.57 Å². The van der Waals surface area contributed by atoms with Crippen molar-refractivity contribution >= 4 is 13.6 Å². The fourth-order valence-corrected chi connectivity index (χ4v) is 1.95. The molecule has 130 valence electrons. The van der Waals surface area contributed by atoms with Crippen molar-refractivity contribution in [3.8, 4) is 0 Å². The molecule has 0 saturated heterocycles. The Morgan fingerprint density at radius 2 is 1.87 bits per heavy atom. The van der Waals surface area contributed by atoms with Crippen LogP contribution in [0.25, 0.3) is 0 Å². The molecule has 0 saturated carbocycles. The fourth-order valence-electron chi connectivity index (χ4n) is 1.95. The summed E-state index contributed by atoms with van der Waals surface area (Å²) in [5.41, 5.74) is 4.11. The van der Waals surface area contributed by atoms with Crippen LogP contribution < -0.4 is 11.4 Å². The summed E-state index contributed by atoms with van der Waals surface area (Å²) in [5, 5.41) is 28.2. The van der Waals surface area contributed by atoms with Crippen molar-refractivity contribution in [2.45, 2.75) is 18.2 Å². The van der Waals surface area contributed by atoms with E-state index in [2.05, 4.69) is 4.98 Å². The molecule has 0 spiro atoms. The first-order chi connectivity index (χ1) is 10.5. The van der Waals surface area contributed by atoms with Gasteiger partial charge in [-0.15, -0.1) is 0 Å². The monoisotopic (exact) mass is 355 g/mol. The van der Waals surface area contributed by atoms with Crippen LogP contribution in [0.3, 0.4) is 0 Å². The number of aliphatic hydroxyl groups is 3. The molecule has 1 aromatic heterocycles. The van der Waals surface area contributed by atoms with Gasteiger partial charge in [-0.05, 0) is 6.07 Å². The molecule has 11 nitrogen and oxygen atoms in total. The van der Waals surface area contributed by atoms with Crippen LogP contribution in [0.5, 0.6) is 0 Å². The van der Waals surface area contributed by atoms with E-state index in [4.69, 9.17) is 30.1 Å². The van der Waals surface area contributed by atoms with Crippen LogP contribution in [0.1, 0.15) is 6.04 Å². The van der Waals surface area contributed by atoms with Crippen LogP contribution >= 0.6 is 7.82 Å². The number of rotatable bonds is 2. The SMILES string of the molecule is Nc1ccn([C@@H]2C(F)=C(CO)[C@@H](O)[C@H]2O)c(=O)n1.O=P(O)(O)O. The summed E-state index contributed by atoms with van der Waals surface area (Å²) in [6, 6.07) is -0.132. The summed E-state index contributed by atoms with van der Waals surface area (Å²) in [4.78, 5) is 36.5. The number of nitrogens with zero attached hydrogens (tertiary/aromatic N) is 2. The highest BCUT2D eigenvalue weighted by atomic mass is 31.2. The van der Waals surface area contributed by atoms with E-state index in [1.807, 2.05) is 0 Å². The van der Waals surface area contributed by atoms with Crippen LogP contribution in [0.2, 0.25) is 0 Å². The third-order valence-corrected chi connectivity index (χ3v) is 2.89. The highest BCUT2D eigenvalue weighted by Crippen LogP contribution is 2.36. The largest absolute Gasteiger partial charge is 0.466 e. The van der Waals surface area contributed by atoms with Gasteiger partial charge in [0.2, 0.25) is 0 Å². The van der Waals surface area contributed by atoms with E-state index in [1.54, 1.807) is 0 Å². The van der Waals surface area contributed by atoms with Gasteiger partial charge in [-0.1, -0.05) is 0 Å². The molecule has 0 radical (unpaired) electrons. The third kappa shape index (κ3) is 4.91. The van der Waals surface area contributed by atoms with Gasteiger partial charge in [0.25, 0.3) is 0 Å². The average Bonchev–Trinajstić information content (AvgIpc) is 2.59. The summed E-state index contributed by atoms with van der Waals surface area (Å²) in [5.74, 6) is -0.970. The molecule has 0 aliphatic heterocycles. The molecule has 0 aromatic carbocycles. The molecule has 2 rings (SSSR count). The number of halogens is 1. The number of aromatic nitrogens is 2. The third-order valence-electron chi connectivity index (χ3n) is 2.89. The van der Waals surface area contributed by atoms with E-state index < -0.39 is 44.2 Å². The summed E-state index contributed by atoms with van der Waals surface area (Å²) < 4.78 is 23.6. The first kappa shape index (κ1) is 19.4. The standard InChI is InChI=1S/C10H12FN3O4.H3O4P/c11-6-4(3-15)8(16)9(17)7(6)14-2-1-5(12)13-10(14)18;1-5(2,3)4/h1-2,7-9,15-17H,3H2,(H2,12,13,18);(H3,1,2,3,4)/t7-,8-,9+;/m1./s1. The summed E-state index contributed by atoms with van der Waals surface area (Å²) >= 11 is 0. The number of aliphatic hydroxyl groups excluding tert-OH is 3. The minimum Gasteiger partial charge on any atom is -0.392 e. The lowest BCUT2D eigenvalue weighted by molar-refractivity contribution is 0.0244. The zero-order valence-corrected chi connectivity index (χ0v) is 12.3. The lowest BCUT2D eigenvalue weighted by Crippen LogP contribution is -2.36. The normalized spacial score (nSPS) is 24.4. The van der Waals surface area contributed by atoms with Crippen molar-refractivity contribution in [2.75, 3.05) is 12.3 Å². The van der Waals surface area contributed by atoms with E-state index in [9.17, 15) is 19.4 Å². The molecule has 13 heteroatoms. The second kappa shape index (κ2) is 7.27. The van der Waals surface area contributed by atoms with Gasteiger partial charge in [0.15, 0.2) is 0 Å². The molecule has 23 heavy (non-hydrogen) atoms. The minimum absolute atomic E-state index is 0.0314. The van der Waals surface area contributed by atoms with Gasteiger partial charge in [0, 0.05) is 11.8 Å². The molecular weight excluding hydrogens is 340 g/mol. The predicted molar refractivity (Wildman–Crippen MR) is 73.4 cm³/mol. The summed E-state index contributed by atoms with van der Waals surface area (Å²) in [6.07, 6.45) is -1.94. The number of hydrogen-bond acceptors (Lipinski definition) is 7. The molecular formula is C10H15FN3O8P. The molecule has 3 atom stereocenters. The number of phosphoric acid groups is 1. The zero-order valence-electron chi connectivity index (χ0n) is 11.4. The van der Waals surface area contributed by atoms with E-state index in [-0.39, 0.29) is 11.4 Å². The van der Waals surface area contributed by atoms with E-state index in [0.29, 0.717) is 0 Å². The maximum atomic E-state index is 13.9. The Morgan fingerprint density at radius 1 is 1.35 bits per heavy atom. The molecule has 0 unspecified atom stereocenters. The minimum atomic E-state index is -4.64. The molecule has 0 bridgehead atoms. The average molecular weight is 355 g/mol. The Balaban J connectivity index is 0.000000463. The quantitative estimate of drug-likeness (QED) is 0.276. The first-order valence-electron chi connectivity index (χ1n) is 5.95. The van der Waals surface area contributed by atoms with Crippen molar-refractivity contribution in [1.29, 1.82) is 0 Å². The van der Waals surface area contributed by atoms with Gasteiger partial charge in [-0.3, -0.25) is 4.57 Å².